The van der Waals surface area contributed by atoms with Crippen LogP contribution in [0.4, 0.5) is 0 Å². The van der Waals surface area contributed by atoms with Gasteiger partial charge in [-0.15, -0.1) is 0 Å². The van der Waals surface area contributed by atoms with Gasteiger partial charge in [0.1, 0.15) is 11.1 Å². The Balaban J connectivity index is 2.34. The largest absolute Gasteiger partial charge is 0.465 e. The molecule has 0 spiro atoms. The Morgan fingerprint density at radius 3 is 2.00 bits per heavy atom. The fourth-order valence-corrected chi connectivity index (χ4v) is 2.66. The van der Waals surface area contributed by atoms with E-state index in [4.69, 9.17) is 0 Å². The number of pyridine rings is 1. The normalized spacial score (nSPS) is 10.5. The lowest BCUT2D eigenvalue weighted by Crippen LogP contribution is -2.25. The molecule has 0 saturated heterocycles. The summed E-state index contributed by atoms with van der Waals surface area (Å²) in [4.78, 5) is 36.3. The molecule has 3 rings (SSSR count). The highest BCUT2D eigenvalue weighted by atomic mass is 16.5. The maximum atomic E-state index is 12.4. The first-order valence-corrected chi connectivity index (χ1v) is 7.48. The van der Waals surface area contributed by atoms with Crippen LogP contribution in [0.5, 0.6) is 0 Å². The van der Waals surface area contributed by atoms with Crippen LogP contribution in [0, 0.1) is 0 Å². The molecule has 0 radical (unpaired) electrons. The molecular formula is C19H15NO5. The molecule has 1 heterocycles. The Morgan fingerprint density at radius 2 is 1.40 bits per heavy atom. The van der Waals surface area contributed by atoms with Crippen LogP contribution >= 0.6 is 0 Å². The zero-order chi connectivity index (χ0) is 18.0. The quantitative estimate of drug-likeness (QED) is 0.687. The lowest BCUT2D eigenvalue weighted by Gasteiger charge is -2.13. The van der Waals surface area contributed by atoms with Gasteiger partial charge in [0.15, 0.2) is 0 Å². The SMILES string of the molecule is COC(=O)c1cn(-c2cccc3ccccc23)cc(C(=O)OC)c1=O. The summed E-state index contributed by atoms with van der Waals surface area (Å²) in [5, 5.41) is 1.89. The van der Waals surface area contributed by atoms with E-state index in [0.29, 0.717) is 5.69 Å². The molecule has 6 heteroatoms. The number of methoxy groups -OCH3 is 2. The van der Waals surface area contributed by atoms with Crippen LogP contribution in [0.3, 0.4) is 0 Å². The van der Waals surface area contributed by atoms with Crippen molar-refractivity contribution < 1.29 is 19.1 Å². The summed E-state index contributed by atoms with van der Waals surface area (Å²) in [6.45, 7) is 0. The van der Waals surface area contributed by atoms with E-state index >= 15 is 0 Å². The van der Waals surface area contributed by atoms with Crippen LogP contribution in [-0.4, -0.2) is 30.7 Å². The monoisotopic (exact) mass is 337 g/mol. The summed E-state index contributed by atoms with van der Waals surface area (Å²) >= 11 is 0. The zero-order valence-corrected chi connectivity index (χ0v) is 13.7. The van der Waals surface area contributed by atoms with Crippen molar-refractivity contribution >= 4 is 22.7 Å². The third kappa shape index (κ3) is 2.89. The van der Waals surface area contributed by atoms with E-state index in [1.54, 1.807) is 4.57 Å². The number of carbonyl (C=O) groups excluding carboxylic acids is 2. The fourth-order valence-electron chi connectivity index (χ4n) is 2.66. The van der Waals surface area contributed by atoms with E-state index in [2.05, 4.69) is 9.47 Å². The predicted molar refractivity (Wildman–Crippen MR) is 92.2 cm³/mol. The summed E-state index contributed by atoms with van der Waals surface area (Å²) in [6.07, 6.45) is 2.73. The van der Waals surface area contributed by atoms with Gasteiger partial charge in [-0.3, -0.25) is 4.79 Å². The highest BCUT2D eigenvalue weighted by Crippen LogP contribution is 2.22. The first-order chi connectivity index (χ1) is 12.1. The maximum Gasteiger partial charge on any atom is 0.343 e. The molecule has 0 amide bonds. The summed E-state index contributed by atoms with van der Waals surface area (Å²) in [6, 6.07) is 13.3. The molecule has 0 N–H and O–H groups in total. The van der Waals surface area contributed by atoms with Crippen LogP contribution in [0.1, 0.15) is 20.7 Å². The third-order valence-corrected chi connectivity index (χ3v) is 3.88. The molecule has 0 saturated carbocycles. The number of hydrogen-bond donors (Lipinski definition) is 0. The van der Waals surface area contributed by atoms with Gasteiger partial charge in [-0.05, 0) is 11.5 Å². The van der Waals surface area contributed by atoms with E-state index in [0.717, 1.165) is 10.8 Å². The van der Waals surface area contributed by atoms with E-state index in [1.165, 1.54) is 26.6 Å². The standard InChI is InChI=1S/C19H15NO5/c1-24-18(22)14-10-20(11-15(17(14)21)19(23)25-2)16-9-5-7-12-6-3-4-8-13(12)16/h3-11H,1-2H3. The second kappa shape index (κ2) is 6.60. The molecule has 25 heavy (non-hydrogen) atoms. The summed E-state index contributed by atoms with van der Waals surface area (Å²) in [5.74, 6) is -1.63. The fraction of sp³-hybridized carbons (Fsp3) is 0.105. The Hall–Kier alpha value is -3.41. The van der Waals surface area contributed by atoms with Gasteiger partial charge < -0.3 is 14.0 Å². The molecule has 0 atom stereocenters. The van der Waals surface area contributed by atoms with Crippen molar-refractivity contribution in [1.29, 1.82) is 0 Å². The number of hydrogen-bond acceptors (Lipinski definition) is 5. The average molecular weight is 337 g/mol. The highest BCUT2D eigenvalue weighted by Gasteiger charge is 2.21. The van der Waals surface area contributed by atoms with Crippen LogP contribution in [0.25, 0.3) is 16.5 Å². The third-order valence-electron chi connectivity index (χ3n) is 3.88. The molecule has 2 aromatic carbocycles. The minimum atomic E-state index is -0.815. The molecule has 0 bridgehead atoms. The molecular weight excluding hydrogens is 322 g/mol. The van der Waals surface area contributed by atoms with Gasteiger partial charge in [0.05, 0.1) is 19.9 Å². The van der Waals surface area contributed by atoms with Gasteiger partial charge in [-0.25, -0.2) is 9.59 Å². The van der Waals surface area contributed by atoms with Gasteiger partial charge in [0, 0.05) is 17.8 Å². The van der Waals surface area contributed by atoms with Crippen LogP contribution < -0.4 is 5.43 Å². The molecule has 0 aliphatic heterocycles. The molecule has 3 aromatic rings. The van der Waals surface area contributed by atoms with Crippen molar-refractivity contribution in [1.82, 2.24) is 4.57 Å². The van der Waals surface area contributed by atoms with E-state index in [9.17, 15) is 14.4 Å². The smallest absolute Gasteiger partial charge is 0.343 e. The predicted octanol–water partition coefficient (Wildman–Crippen LogP) is 2.56. The summed E-state index contributed by atoms with van der Waals surface area (Å²) < 4.78 is 10.9. The van der Waals surface area contributed by atoms with Crippen LogP contribution in [-0.2, 0) is 9.47 Å². The van der Waals surface area contributed by atoms with E-state index in [1.807, 2.05) is 42.5 Å². The van der Waals surface area contributed by atoms with Crippen molar-refractivity contribution in [3.05, 3.63) is 76.2 Å². The number of aromatic nitrogens is 1. The Labute approximate surface area is 143 Å². The average Bonchev–Trinajstić information content (AvgIpc) is 2.66. The number of carbonyl (C=O) groups is 2. The number of fused-ring (bicyclic) bond motifs is 1. The molecule has 0 aliphatic rings. The molecule has 126 valence electrons. The van der Waals surface area contributed by atoms with Crippen LogP contribution in [0.15, 0.2) is 59.7 Å². The number of benzene rings is 2. The van der Waals surface area contributed by atoms with Crippen molar-refractivity contribution in [3.63, 3.8) is 0 Å². The lowest BCUT2D eigenvalue weighted by molar-refractivity contribution is 0.0595. The number of esters is 2. The molecule has 6 nitrogen and oxygen atoms in total. The van der Waals surface area contributed by atoms with Gasteiger partial charge in [-0.1, -0.05) is 36.4 Å². The molecule has 0 fully saturated rings. The lowest BCUT2D eigenvalue weighted by atomic mass is 10.1. The zero-order valence-electron chi connectivity index (χ0n) is 13.7. The molecule has 0 aliphatic carbocycles. The number of nitrogens with zero attached hydrogens (tertiary/aromatic N) is 1. The Kier molecular flexibility index (Phi) is 4.35. The van der Waals surface area contributed by atoms with Gasteiger partial charge in [0.25, 0.3) is 0 Å². The van der Waals surface area contributed by atoms with E-state index in [-0.39, 0.29) is 11.1 Å². The van der Waals surface area contributed by atoms with E-state index < -0.39 is 17.4 Å². The van der Waals surface area contributed by atoms with Crippen molar-refractivity contribution in [3.8, 4) is 5.69 Å². The number of ether oxygens (including phenoxy) is 2. The van der Waals surface area contributed by atoms with Gasteiger partial charge >= 0.3 is 11.9 Å². The van der Waals surface area contributed by atoms with Crippen molar-refractivity contribution in [2.75, 3.05) is 14.2 Å². The van der Waals surface area contributed by atoms with Crippen molar-refractivity contribution in [2.24, 2.45) is 0 Å². The van der Waals surface area contributed by atoms with Crippen LogP contribution in [0.2, 0.25) is 0 Å². The topological polar surface area (TPSA) is 74.6 Å². The summed E-state index contributed by atoms with van der Waals surface area (Å²) in [5.41, 5.74) is -0.486. The maximum absolute atomic E-state index is 12.4. The Bertz CT molecular complexity index is 990. The Morgan fingerprint density at radius 1 is 0.840 bits per heavy atom. The second-order valence-electron chi connectivity index (χ2n) is 5.30. The summed E-state index contributed by atoms with van der Waals surface area (Å²) in [7, 11) is 2.35. The van der Waals surface area contributed by atoms with Gasteiger partial charge in [0.2, 0.25) is 5.43 Å². The number of rotatable bonds is 3. The highest BCUT2D eigenvalue weighted by molar-refractivity contribution is 5.95. The minimum absolute atomic E-state index is 0.238. The molecule has 1 aromatic heterocycles. The minimum Gasteiger partial charge on any atom is -0.465 e. The molecule has 0 unspecified atom stereocenters. The second-order valence-corrected chi connectivity index (χ2v) is 5.30. The first kappa shape index (κ1) is 16.4. The van der Waals surface area contributed by atoms with Gasteiger partial charge in [-0.2, -0.15) is 0 Å². The van der Waals surface area contributed by atoms with Crippen molar-refractivity contribution in [2.45, 2.75) is 0 Å². The first-order valence-electron chi connectivity index (χ1n) is 7.48.